The van der Waals surface area contributed by atoms with E-state index in [4.69, 9.17) is 11.0 Å². The van der Waals surface area contributed by atoms with Gasteiger partial charge in [0.15, 0.2) is 0 Å². The third-order valence-electron chi connectivity index (χ3n) is 1.61. The highest BCUT2D eigenvalue weighted by Crippen LogP contribution is 1.98. The maximum Gasteiger partial charge on any atom is 0.0635 e. The Hall–Kier alpha value is -0.590. The molecule has 0 aliphatic rings. The maximum absolute atomic E-state index is 8.41. The van der Waals surface area contributed by atoms with Gasteiger partial charge in [0.2, 0.25) is 0 Å². The summed E-state index contributed by atoms with van der Waals surface area (Å²) in [5.74, 6) is 0.648. The van der Waals surface area contributed by atoms with Crippen molar-refractivity contribution < 1.29 is 0 Å². The van der Waals surface area contributed by atoms with Gasteiger partial charge in [0.1, 0.15) is 0 Å². The molecule has 0 rings (SSSR count). The van der Waals surface area contributed by atoms with Crippen molar-refractivity contribution >= 4 is 0 Å². The molecule has 0 fully saturated rings. The van der Waals surface area contributed by atoms with E-state index in [1.807, 2.05) is 0 Å². The molecule has 0 heterocycles. The lowest BCUT2D eigenvalue weighted by Gasteiger charge is -2.21. The van der Waals surface area contributed by atoms with Gasteiger partial charge < -0.3 is 10.6 Å². The van der Waals surface area contributed by atoms with Gasteiger partial charge in [-0.2, -0.15) is 5.26 Å². The predicted octanol–water partition coefficient (Wildman–Crippen LogP) is 0.817. The first-order chi connectivity index (χ1) is 5.70. The summed E-state index contributed by atoms with van der Waals surface area (Å²) in [6.07, 6.45) is 0.604. The Morgan fingerprint density at radius 1 is 1.42 bits per heavy atom. The zero-order chi connectivity index (χ0) is 9.40. The number of hydrogen-bond donors (Lipinski definition) is 1. The normalized spacial score (nSPS) is 10.7. The number of rotatable bonds is 6. The zero-order valence-electron chi connectivity index (χ0n) is 8.08. The molecule has 2 N–H and O–H groups in total. The third kappa shape index (κ3) is 6.14. The lowest BCUT2D eigenvalue weighted by molar-refractivity contribution is 0.256. The van der Waals surface area contributed by atoms with Crippen molar-refractivity contribution in [2.24, 2.45) is 11.7 Å². The van der Waals surface area contributed by atoms with Gasteiger partial charge >= 0.3 is 0 Å². The molecular formula is C9H19N3. The van der Waals surface area contributed by atoms with Crippen LogP contribution in [0.1, 0.15) is 20.3 Å². The fourth-order valence-corrected chi connectivity index (χ4v) is 1.20. The molecule has 12 heavy (non-hydrogen) atoms. The van der Waals surface area contributed by atoms with Gasteiger partial charge in [0, 0.05) is 32.6 Å². The van der Waals surface area contributed by atoms with E-state index in [9.17, 15) is 0 Å². The van der Waals surface area contributed by atoms with E-state index in [-0.39, 0.29) is 0 Å². The predicted molar refractivity (Wildman–Crippen MR) is 50.6 cm³/mol. The van der Waals surface area contributed by atoms with Crippen LogP contribution in [-0.2, 0) is 0 Å². The van der Waals surface area contributed by atoms with E-state index in [0.29, 0.717) is 18.9 Å². The van der Waals surface area contributed by atoms with Gasteiger partial charge in [-0.25, -0.2) is 0 Å². The van der Waals surface area contributed by atoms with Crippen molar-refractivity contribution in [1.82, 2.24) is 4.90 Å². The molecule has 0 bridgehead atoms. The molecule has 0 radical (unpaired) electrons. The molecule has 0 amide bonds. The van der Waals surface area contributed by atoms with Crippen LogP contribution in [0.4, 0.5) is 0 Å². The summed E-state index contributed by atoms with van der Waals surface area (Å²) in [4.78, 5) is 2.24. The SMILES string of the molecule is CC(C)CN(CCN)CCC#N. The minimum Gasteiger partial charge on any atom is -0.329 e. The Balaban J connectivity index is 3.63. The van der Waals surface area contributed by atoms with Crippen molar-refractivity contribution in [2.75, 3.05) is 26.2 Å². The Morgan fingerprint density at radius 2 is 2.08 bits per heavy atom. The minimum atomic E-state index is 0.604. The minimum absolute atomic E-state index is 0.604. The number of nitrogens with two attached hydrogens (primary N) is 1. The summed E-state index contributed by atoms with van der Waals surface area (Å²) in [6.45, 7) is 7.83. The van der Waals surface area contributed by atoms with E-state index < -0.39 is 0 Å². The molecule has 0 unspecified atom stereocenters. The van der Waals surface area contributed by atoms with Gasteiger partial charge in [-0.05, 0) is 5.92 Å². The number of nitrogens with zero attached hydrogens (tertiary/aromatic N) is 2. The number of hydrogen-bond acceptors (Lipinski definition) is 3. The molecule has 0 aromatic carbocycles. The molecular weight excluding hydrogens is 150 g/mol. The lowest BCUT2D eigenvalue weighted by Crippen LogP contribution is -2.33. The Morgan fingerprint density at radius 3 is 2.50 bits per heavy atom. The van der Waals surface area contributed by atoms with Crippen LogP contribution in [0.3, 0.4) is 0 Å². The van der Waals surface area contributed by atoms with Gasteiger partial charge in [-0.3, -0.25) is 0 Å². The molecule has 0 saturated carbocycles. The maximum atomic E-state index is 8.41. The van der Waals surface area contributed by atoms with E-state index in [1.54, 1.807) is 0 Å². The smallest absolute Gasteiger partial charge is 0.0635 e. The number of nitriles is 1. The second-order valence-corrected chi connectivity index (χ2v) is 3.39. The van der Waals surface area contributed by atoms with E-state index in [0.717, 1.165) is 19.6 Å². The summed E-state index contributed by atoms with van der Waals surface area (Å²) in [7, 11) is 0. The third-order valence-corrected chi connectivity index (χ3v) is 1.61. The first-order valence-corrected chi connectivity index (χ1v) is 4.50. The molecule has 0 aliphatic heterocycles. The summed E-state index contributed by atoms with van der Waals surface area (Å²) in [5, 5.41) is 8.41. The molecule has 0 aliphatic carbocycles. The quantitative estimate of drug-likeness (QED) is 0.640. The average Bonchev–Trinajstić information content (AvgIpc) is 2.00. The Kier molecular flexibility index (Phi) is 6.73. The topological polar surface area (TPSA) is 53.0 Å². The molecule has 0 spiro atoms. The van der Waals surface area contributed by atoms with Gasteiger partial charge in [-0.15, -0.1) is 0 Å². The van der Waals surface area contributed by atoms with Crippen LogP contribution in [-0.4, -0.2) is 31.1 Å². The Labute approximate surface area is 75.2 Å². The second-order valence-electron chi connectivity index (χ2n) is 3.39. The largest absolute Gasteiger partial charge is 0.329 e. The highest BCUT2D eigenvalue weighted by atomic mass is 15.1. The van der Waals surface area contributed by atoms with Crippen molar-refractivity contribution in [3.8, 4) is 6.07 Å². The summed E-state index contributed by atoms with van der Waals surface area (Å²) >= 11 is 0. The van der Waals surface area contributed by atoms with E-state index in [2.05, 4.69) is 24.8 Å². The van der Waals surface area contributed by atoms with Crippen LogP contribution in [0.15, 0.2) is 0 Å². The molecule has 70 valence electrons. The Bertz CT molecular complexity index is 137. The van der Waals surface area contributed by atoms with E-state index in [1.165, 1.54) is 0 Å². The zero-order valence-corrected chi connectivity index (χ0v) is 8.08. The van der Waals surface area contributed by atoms with Crippen molar-refractivity contribution in [1.29, 1.82) is 5.26 Å². The summed E-state index contributed by atoms with van der Waals surface area (Å²) in [6, 6.07) is 2.15. The van der Waals surface area contributed by atoms with E-state index >= 15 is 0 Å². The molecule has 3 heteroatoms. The van der Waals surface area contributed by atoms with Crippen LogP contribution in [0.5, 0.6) is 0 Å². The standard InChI is InChI=1S/C9H19N3/c1-9(2)8-12(7-5-11)6-3-4-10/h9H,3,5-8,11H2,1-2H3. The van der Waals surface area contributed by atoms with Crippen molar-refractivity contribution in [3.05, 3.63) is 0 Å². The fraction of sp³-hybridized carbons (Fsp3) is 0.889. The monoisotopic (exact) mass is 169 g/mol. The van der Waals surface area contributed by atoms with Gasteiger partial charge in [0.05, 0.1) is 6.07 Å². The van der Waals surface area contributed by atoms with Crippen LogP contribution >= 0.6 is 0 Å². The first-order valence-electron chi connectivity index (χ1n) is 4.50. The second kappa shape index (κ2) is 7.08. The van der Waals surface area contributed by atoms with Crippen LogP contribution < -0.4 is 5.73 Å². The van der Waals surface area contributed by atoms with Crippen LogP contribution in [0, 0.1) is 17.2 Å². The molecule has 3 nitrogen and oxygen atoms in total. The van der Waals surface area contributed by atoms with Crippen molar-refractivity contribution in [2.45, 2.75) is 20.3 Å². The van der Waals surface area contributed by atoms with Crippen LogP contribution in [0.2, 0.25) is 0 Å². The molecule has 0 aromatic rings. The summed E-state index contributed by atoms with van der Waals surface area (Å²) < 4.78 is 0. The molecule has 0 aromatic heterocycles. The first kappa shape index (κ1) is 11.4. The highest BCUT2D eigenvalue weighted by Gasteiger charge is 2.04. The molecule has 0 atom stereocenters. The fourth-order valence-electron chi connectivity index (χ4n) is 1.20. The molecule has 0 saturated heterocycles. The highest BCUT2D eigenvalue weighted by molar-refractivity contribution is 4.72. The lowest BCUT2D eigenvalue weighted by atomic mass is 10.2. The summed E-state index contributed by atoms with van der Waals surface area (Å²) in [5.41, 5.74) is 5.45. The average molecular weight is 169 g/mol. The van der Waals surface area contributed by atoms with Gasteiger partial charge in [0.25, 0.3) is 0 Å². The van der Waals surface area contributed by atoms with Crippen LogP contribution in [0.25, 0.3) is 0 Å². The van der Waals surface area contributed by atoms with Gasteiger partial charge in [-0.1, -0.05) is 13.8 Å². The van der Waals surface area contributed by atoms with Crippen molar-refractivity contribution in [3.63, 3.8) is 0 Å².